The molecule has 3 fully saturated rings. The summed E-state index contributed by atoms with van der Waals surface area (Å²) in [7, 11) is 2.22. The van der Waals surface area contributed by atoms with Gasteiger partial charge in [-0.2, -0.15) is 0 Å². The van der Waals surface area contributed by atoms with Crippen molar-refractivity contribution in [2.24, 2.45) is 23.7 Å². The lowest BCUT2D eigenvalue weighted by molar-refractivity contribution is -0.136. The molecule has 2 bridgehead atoms. The van der Waals surface area contributed by atoms with Crippen molar-refractivity contribution in [3.8, 4) is 0 Å². The molecule has 2 aliphatic carbocycles. The number of fused-ring (bicyclic) bond motifs is 1. The second-order valence-electron chi connectivity index (χ2n) is 6.11. The molecule has 3 rings (SSSR count). The van der Waals surface area contributed by atoms with E-state index in [9.17, 15) is 4.79 Å². The number of carbonyl (C=O) groups is 1. The first kappa shape index (κ1) is 9.83. The molecule has 2 saturated carbocycles. The zero-order chi connectivity index (χ0) is 10.6. The van der Waals surface area contributed by atoms with Gasteiger partial charge in [0.2, 0.25) is 0 Å². The van der Waals surface area contributed by atoms with Gasteiger partial charge in [-0.05, 0) is 44.1 Å². The third kappa shape index (κ3) is 1.45. The topological polar surface area (TPSA) is 20.3 Å². The van der Waals surface area contributed by atoms with Gasteiger partial charge in [-0.3, -0.25) is 4.79 Å². The fourth-order valence-corrected chi connectivity index (χ4v) is 4.32. The number of hydrogen-bond donors (Lipinski definition) is 0. The van der Waals surface area contributed by atoms with Crippen molar-refractivity contribution in [3.63, 3.8) is 0 Å². The zero-order valence-electron chi connectivity index (χ0n) is 9.78. The number of Topliss-reactive ketones (excluding diaryl/α,β-unsaturated/α-hetero) is 1. The molecule has 84 valence electrons. The number of nitrogens with zero attached hydrogens (tertiary/aromatic N) is 1. The Morgan fingerprint density at radius 2 is 2.07 bits per heavy atom. The van der Waals surface area contributed by atoms with E-state index in [1.165, 1.54) is 19.3 Å². The molecule has 0 amide bonds. The number of hydrogen-bond acceptors (Lipinski definition) is 2. The third-order valence-corrected chi connectivity index (χ3v) is 5.00. The van der Waals surface area contributed by atoms with E-state index in [1.54, 1.807) is 0 Å². The van der Waals surface area contributed by atoms with Crippen LogP contribution in [0.3, 0.4) is 0 Å². The van der Waals surface area contributed by atoms with Gasteiger partial charge in [-0.15, -0.1) is 0 Å². The SMILES string of the molecule is C[C@H]1C[C@H]2CC(=O)[C@@H]3C[C@@H]2[C@@H](C1)N(C)C3. The average molecular weight is 207 g/mol. The largest absolute Gasteiger partial charge is 0.302 e. The Hall–Kier alpha value is -0.370. The normalized spacial score (nSPS) is 50.5. The quantitative estimate of drug-likeness (QED) is 0.605. The lowest BCUT2D eigenvalue weighted by Crippen LogP contribution is -2.56. The highest BCUT2D eigenvalue weighted by molar-refractivity contribution is 5.82. The number of carbonyl (C=O) groups excluding carboxylic acids is 1. The summed E-state index contributed by atoms with van der Waals surface area (Å²) >= 11 is 0. The molecule has 2 nitrogen and oxygen atoms in total. The molecule has 0 unspecified atom stereocenters. The predicted molar refractivity (Wildman–Crippen MR) is 59.5 cm³/mol. The summed E-state index contributed by atoms with van der Waals surface area (Å²) < 4.78 is 0. The molecule has 5 atom stereocenters. The maximum atomic E-state index is 11.9. The van der Waals surface area contributed by atoms with Crippen molar-refractivity contribution in [1.29, 1.82) is 0 Å². The van der Waals surface area contributed by atoms with Crippen LogP contribution in [0.2, 0.25) is 0 Å². The highest BCUT2D eigenvalue weighted by Gasteiger charge is 2.48. The van der Waals surface area contributed by atoms with Crippen molar-refractivity contribution < 1.29 is 4.79 Å². The Labute approximate surface area is 92.0 Å². The number of ketones is 1. The van der Waals surface area contributed by atoms with Gasteiger partial charge in [0.1, 0.15) is 5.78 Å². The van der Waals surface area contributed by atoms with Gasteiger partial charge in [-0.1, -0.05) is 6.92 Å². The van der Waals surface area contributed by atoms with Gasteiger partial charge in [0.25, 0.3) is 0 Å². The van der Waals surface area contributed by atoms with E-state index in [4.69, 9.17) is 0 Å². The summed E-state index contributed by atoms with van der Waals surface area (Å²) in [6, 6.07) is 0.781. The first-order valence-electron chi connectivity index (χ1n) is 6.38. The molecule has 0 radical (unpaired) electrons. The Balaban J connectivity index is 1.90. The Kier molecular flexibility index (Phi) is 2.17. The van der Waals surface area contributed by atoms with Gasteiger partial charge >= 0.3 is 0 Å². The van der Waals surface area contributed by atoms with Crippen LogP contribution in [0.1, 0.15) is 32.6 Å². The van der Waals surface area contributed by atoms with Crippen molar-refractivity contribution in [2.75, 3.05) is 13.6 Å². The molecular weight excluding hydrogens is 186 g/mol. The Morgan fingerprint density at radius 3 is 2.87 bits per heavy atom. The summed E-state index contributed by atoms with van der Waals surface area (Å²) in [5.41, 5.74) is 0. The maximum absolute atomic E-state index is 11.9. The smallest absolute Gasteiger partial charge is 0.137 e. The molecule has 0 N–H and O–H groups in total. The summed E-state index contributed by atoms with van der Waals surface area (Å²) in [5.74, 6) is 3.30. The second-order valence-corrected chi connectivity index (χ2v) is 6.11. The number of likely N-dealkylation sites (tertiary alicyclic amines) is 1. The fourth-order valence-electron chi connectivity index (χ4n) is 4.32. The standard InChI is InChI=1S/C13H21NO/c1-8-3-9-6-13(15)10-5-11(9)12(4-8)14(2)7-10/h8-12H,3-7H2,1-2H3/t8-,9-,10+,11-,12+/m0/s1. The third-order valence-electron chi connectivity index (χ3n) is 5.00. The minimum atomic E-state index is 0.376. The van der Waals surface area contributed by atoms with Crippen molar-refractivity contribution in [2.45, 2.75) is 38.6 Å². The van der Waals surface area contributed by atoms with E-state index in [0.717, 1.165) is 30.8 Å². The van der Waals surface area contributed by atoms with E-state index in [0.29, 0.717) is 17.6 Å². The minimum Gasteiger partial charge on any atom is -0.302 e. The predicted octanol–water partition coefficient (Wildman–Crippen LogP) is 1.94. The molecular formula is C13H21NO. The van der Waals surface area contributed by atoms with Gasteiger partial charge in [0.05, 0.1) is 0 Å². The van der Waals surface area contributed by atoms with E-state index >= 15 is 0 Å². The summed E-state index contributed by atoms with van der Waals surface area (Å²) in [5, 5.41) is 0. The molecule has 2 heteroatoms. The molecule has 15 heavy (non-hydrogen) atoms. The van der Waals surface area contributed by atoms with Crippen LogP contribution in [0, 0.1) is 23.7 Å². The van der Waals surface area contributed by atoms with Crippen LogP contribution in [-0.4, -0.2) is 30.3 Å². The van der Waals surface area contributed by atoms with Gasteiger partial charge in [0.15, 0.2) is 0 Å². The van der Waals surface area contributed by atoms with Crippen LogP contribution in [0.25, 0.3) is 0 Å². The van der Waals surface area contributed by atoms with E-state index < -0.39 is 0 Å². The van der Waals surface area contributed by atoms with Crippen LogP contribution in [0.4, 0.5) is 0 Å². The van der Waals surface area contributed by atoms with Crippen LogP contribution >= 0.6 is 0 Å². The highest BCUT2D eigenvalue weighted by atomic mass is 16.1. The molecule has 0 aromatic rings. The van der Waals surface area contributed by atoms with E-state index in [1.807, 2.05) is 0 Å². The minimum absolute atomic E-state index is 0.376. The zero-order valence-corrected chi connectivity index (χ0v) is 9.78. The van der Waals surface area contributed by atoms with Crippen LogP contribution in [0.15, 0.2) is 0 Å². The molecule has 1 aliphatic heterocycles. The lowest BCUT2D eigenvalue weighted by Gasteiger charge is -2.53. The number of rotatable bonds is 0. The first-order chi connectivity index (χ1) is 7.15. The fraction of sp³-hybridized carbons (Fsp3) is 0.923. The van der Waals surface area contributed by atoms with E-state index in [-0.39, 0.29) is 0 Å². The molecule has 0 aromatic heterocycles. The monoisotopic (exact) mass is 207 g/mol. The van der Waals surface area contributed by atoms with Crippen molar-refractivity contribution >= 4 is 5.78 Å². The van der Waals surface area contributed by atoms with Gasteiger partial charge in [-0.25, -0.2) is 0 Å². The summed E-state index contributed by atoms with van der Waals surface area (Å²) in [6.45, 7) is 3.38. The maximum Gasteiger partial charge on any atom is 0.137 e. The average Bonchev–Trinajstić information content (AvgIpc) is 2.18. The number of piperidine rings is 1. The molecule has 1 heterocycles. The Bertz CT molecular complexity index is 288. The second kappa shape index (κ2) is 3.31. The van der Waals surface area contributed by atoms with Crippen LogP contribution in [0.5, 0.6) is 0 Å². The van der Waals surface area contributed by atoms with Crippen molar-refractivity contribution in [3.05, 3.63) is 0 Å². The van der Waals surface area contributed by atoms with Gasteiger partial charge in [0, 0.05) is 24.9 Å². The molecule has 0 aromatic carbocycles. The Morgan fingerprint density at radius 1 is 1.27 bits per heavy atom. The highest BCUT2D eigenvalue weighted by Crippen LogP contribution is 2.47. The van der Waals surface area contributed by atoms with Crippen molar-refractivity contribution in [1.82, 2.24) is 4.90 Å². The van der Waals surface area contributed by atoms with E-state index in [2.05, 4.69) is 18.9 Å². The molecule has 0 spiro atoms. The molecule has 3 aliphatic rings. The van der Waals surface area contributed by atoms with Crippen LogP contribution < -0.4 is 0 Å². The summed E-state index contributed by atoms with van der Waals surface area (Å²) in [6.07, 6.45) is 4.75. The molecule has 1 saturated heterocycles. The first-order valence-corrected chi connectivity index (χ1v) is 6.38. The lowest BCUT2D eigenvalue weighted by atomic mass is 9.60. The van der Waals surface area contributed by atoms with Crippen LogP contribution in [-0.2, 0) is 4.79 Å². The summed E-state index contributed by atoms with van der Waals surface area (Å²) in [4.78, 5) is 14.4. The van der Waals surface area contributed by atoms with Gasteiger partial charge < -0.3 is 4.90 Å².